The molecule has 0 aliphatic carbocycles. The van der Waals surface area contributed by atoms with Crippen molar-refractivity contribution in [1.29, 1.82) is 0 Å². The van der Waals surface area contributed by atoms with Gasteiger partial charge in [-0.25, -0.2) is 4.98 Å². The summed E-state index contributed by atoms with van der Waals surface area (Å²) in [5.41, 5.74) is 3.74. The molecule has 1 N–H and O–H groups in total. The summed E-state index contributed by atoms with van der Waals surface area (Å²) in [5.74, 6) is -0.538. The number of aromatic nitrogens is 2. The third kappa shape index (κ3) is 4.79. The van der Waals surface area contributed by atoms with Crippen LogP contribution in [0.25, 0.3) is 22.2 Å². The standard InChI is InChI=1S/C24H24FN3O2S/c1-24(2,3)31(29)28-20(15-16-9-8-14-22(25)26-16)17-10-4-5-11-18(17)23-19-12-6-7-13-21(19)30-27-23/h4-14,20,28H,15H2,1-3H3. The highest BCUT2D eigenvalue weighted by Crippen LogP contribution is 2.34. The van der Waals surface area contributed by atoms with E-state index in [1.54, 1.807) is 12.1 Å². The van der Waals surface area contributed by atoms with Crippen LogP contribution in [0.1, 0.15) is 38.1 Å². The number of halogens is 1. The van der Waals surface area contributed by atoms with Gasteiger partial charge >= 0.3 is 0 Å². The van der Waals surface area contributed by atoms with E-state index in [2.05, 4.69) is 14.9 Å². The molecule has 2 aromatic heterocycles. The fraction of sp³-hybridized carbons (Fsp3) is 0.250. The van der Waals surface area contributed by atoms with Crippen molar-refractivity contribution in [3.05, 3.63) is 83.9 Å². The van der Waals surface area contributed by atoms with E-state index in [9.17, 15) is 8.94 Å². The van der Waals surface area contributed by atoms with Crippen LogP contribution in [0.5, 0.6) is 0 Å². The molecule has 7 heteroatoms. The fourth-order valence-corrected chi connectivity index (χ4v) is 4.21. The minimum atomic E-state index is -1.34. The van der Waals surface area contributed by atoms with Crippen LogP contribution in [0.3, 0.4) is 0 Å². The second-order valence-corrected chi connectivity index (χ2v) is 10.3. The first-order valence-electron chi connectivity index (χ1n) is 10.1. The minimum Gasteiger partial charge on any atom is -0.598 e. The van der Waals surface area contributed by atoms with Crippen LogP contribution < -0.4 is 4.72 Å². The van der Waals surface area contributed by atoms with E-state index in [4.69, 9.17) is 4.52 Å². The van der Waals surface area contributed by atoms with E-state index in [1.807, 2.05) is 69.3 Å². The van der Waals surface area contributed by atoms with Crippen molar-refractivity contribution in [2.45, 2.75) is 38.0 Å². The van der Waals surface area contributed by atoms with Crippen molar-refractivity contribution in [2.24, 2.45) is 0 Å². The zero-order valence-electron chi connectivity index (χ0n) is 17.6. The molecule has 2 heterocycles. The summed E-state index contributed by atoms with van der Waals surface area (Å²) in [7, 11) is 0. The normalized spacial score (nSPS) is 14.0. The number of benzene rings is 2. The molecular formula is C24H24FN3O2S. The Bertz CT molecular complexity index is 1190. The molecule has 0 aliphatic heterocycles. The van der Waals surface area contributed by atoms with Crippen molar-refractivity contribution < 1.29 is 13.5 Å². The first-order chi connectivity index (χ1) is 14.8. The Morgan fingerprint density at radius 2 is 1.77 bits per heavy atom. The molecule has 0 aliphatic rings. The third-order valence-corrected chi connectivity index (χ3v) is 6.57. The molecule has 0 saturated carbocycles. The van der Waals surface area contributed by atoms with E-state index >= 15 is 0 Å². The molecule has 2 atom stereocenters. The Kier molecular flexibility index (Phi) is 6.09. The van der Waals surface area contributed by atoms with Gasteiger partial charge in [-0.3, -0.25) is 0 Å². The van der Waals surface area contributed by atoms with Crippen molar-refractivity contribution in [1.82, 2.24) is 14.9 Å². The maximum absolute atomic E-state index is 13.7. The third-order valence-electron chi connectivity index (χ3n) is 4.96. The molecule has 0 fully saturated rings. The van der Waals surface area contributed by atoms with Gasteiger partial charge in [0, 0.05) is 34.4 Å². The van der Waals surface area contributed by atoms with Crippen LogP contribution >= 0.6 is 0 Å². The van der Waals surface area contributed by atoms with Gasteiger partial charge in [-0.15, -0.1) is 4.72 Å². The summed E-state index contributed by atoms with van der Waals surface area (Å²) in [6.45, 7) is 5.72. The van der Waals surface area contributed by atoms with E-state index < -0.39 is 22.1 Å². The smallest absolute Gasteiger partial charge is 0.213 e. The largest absolute Gasteiger partial charge is 0.598 e. The second-order valence-electron chi connectivity index (χ2n) is 8.32. The lowest BCUT2D eigenvalue weighted by atomic mass is 9.94. The van der Waals surface area contributed by atoms with E-state index in [0.717, 1.165) is 16.5 Å². The lowest BCUT2D eigenvalue weighted by Crippen LogP contribution is -2.42. The van der Waals surface area contributed by atoms with Gasteiger partial charge in [-0.2, -0.15) is 4.39 Å². The van der Waals surface area contributed by atoms with E-state index in [0.29, 0.717) is 23.4 Å². The maximum atomic E-state index is 13.7. The average Bonchev–Trinajstić information content (AvgIpc) is 3.16. The molecule has 2 aromatic carbocycles. The lowest BCUT2D eigenvalue weighted by molar-refractivity contribution is 0.459. The fourth-order valence-electron chi connectivity index (χ4n) is 3.39. The van der Waals surface area contributed by atoms with Crippen molar-refractivity contribution in [3.63, 3.8) is 0 Å². The number of nitrogens with one attached hydrogen (secondary N) is 1. The van der Waals surface area contributed by atoms with E-state index in [1.165, 1.54) is 6.07 Å². The Labute approximate surface area is 184 Å². The number of hydrogen-bond acceptors (Lipinski definition) is 5. The Morgan fingerprint density at radius 1 is 1.03 bits per heavy atom. The number of rotatable bonds is 6. The molecular weight excluding hydrogens is 413 g/mol. The van der Waals surface area contributed by atoms with Gasteiger partial charge in [0.05, 0.1) is 6.04 Å². The Balaban J connectivity index is 1.79. The highest BCUT2D eigenvalue weighted by Gasteiger charge is 2.31. The SMILES string of the molecule is CC(C)(C)[S+]([O-])NC(Cc1cccc(F)n1)c1ccccc1-c1noc2ccccc12. The van der Waals surface area contributed by atoms with E-state index in [-0.39, 0.29) is 6.04 Å². The minimum absolute atomic E-state index is 0.367. The molecule has 0 spiro atoms. The Hall–Kier alpha value is -2.74. The van der Waals surface area contributed by atoms with Gasteiger partial charge in [0.1, 0.15) is 10.4 Å². The molecule has 5 nitrogen and oxygen atoms in total. The van der Waals surface area contributed by atoms with Crippen molar-refractivity contribution in [2.75, 3.05) is 0 Å². The zero-order chi connectivity index (χ0) is 22.0. The predicted molar refractivity (Wildman–Crippen MR) is 121 cm³/mol. The lowest BCUT2D eigenvalue weighted by Gasteiger charge is -2.29. The molecule has 160 valence electrons. The number of hydrogen-bond donors (Lipinski definition) is 1. The van der Waals surface area contributed by atoms with Crippen LogP contribution in [0.2, 0.25) is 0 Å². The van der Waals surface area contributed by atoms with Crippen LogP contribution in [-0.4, -0.2) is 19.4 Å². The van der Waals surface area contributed by atoms with Gasteiger partial charge in [-0.05, 0) is 50.6 Å². The topological polar surface area (TPSA) is 74.0 Å². The van der Waals surface area contributed by atoms with Crippen LogP contribution in [0.4, 0.5) is 4.39 Å². The van der Waals surface area contributed by atoms with Gasteiger partial charge in [0.25, 0.3) is 0 Å². The summed E-state index contributed by atoms with van der Waals surface area (Å²) in [5, 5.41) is 5.20. The zero-order valence-corrected chi connectivity index (χ0v) is 18.4. The quantitative estimate of drug-likeness (QED) is 0.324. The van der Waals surface area contributed by atoms with Crippen molar-refractivity contribution in [3.8, 4) is 11.3 Å². The molecule has 2 unspecified atom stereocenters. The van der Waals surface area contributed by atoms with Crippen LogP contribution in [-0.2, 0) is 17.8 Å². The molecule has 4 aromatic rings. The number of para-hydroxylation sites is 1. The number of pyridine rings is 1. The molecule has 0 amide bonds. The monoisotopic (exact) mass is 437 g/mol. The predicted octanol–water partition coefficient (Wildman–Crippen LogP) is 5.36. The first kappa shape index (κ1) is 21.5. The maximum Gasteiger partial charge on any atom is 0.213 e. The summed E-state index contributed by atoms with van der Waals surface area (Å²) in [6, 6.07) is 19.8. The van der Waals surface area contributed by atoms with Crippen molar-refractivity contribution >= 4 is 22.3 Å². The molecule has 4 rings (SSSR count). The summed E-state index contributed by atoms with van der Waals surface area (Å²) >= 11 is -1.34. The molecule has 0 bridgehead atoms. The molecule has 0 saturated heterocycles. The Morgan fingerprint density at radius 3 is 2.55 bits per heavy atom. The summed E-state index contributed by atoms with van der Waals surface area (Å²) in [4.78, 5) is 4.01. The van der Waals surface area contributed by atoms with Crippen LogP contribution in [0.15, 0.2) is 71.3 Å². The highest BCUT2D eigenvalue weighted by molar-refractivity contribution is 7.90. The molecule has 0 radical (unpaired) electrons. The van der Waals surface area contributed by atoms with Crippen LogP contribution in [0, 0.1) is 5.95 Å². The summed E-state index contributed by atoms with van der Waals surface area (Å²) < 4.78 is 35.0. The highest BCUT2D eigenvalue weighted by atomic mass is 32.2. The first-order valence-corrected chi connectivity index (χ1v) is 11.2. The molecule has 31 heavy (non-hydrogen) atoms. The summed E-state index contributed by atoms with van der Waals surface area (Å²) in [6.07, 6.45) is 0.367. The van der Waals surface area contributed by atoms with Gasteiger partial charge in [-0.1, -0.05) is 47.6 Å². The number of nitrogens with zero attached hydrogens (tertiary/aromatic N) is 2. The van der Waals surface area contributed by atoms with Gasteiger partial charge in [0.2, 0.25) is 5.95 Å². The number of fused-ring (bicyclic) bond motifs is 1. The average molecular weight is 438 g/mol. The van der Waals surface area contributed by atoms with Gasteiger partial charge < -0.3 is 9.08 Å². The second kappa shape index (κ2) is 8.78. The van der Waals surface area contributed by atoms with Gasteiger partial charge in [0.15, 0.2) is 5.58 Å².